The molecule has 0 saturated heterocycles. The topological polar surface area (TPSA) is 94.4 Å². The smallest absolute Gasteiger partial charge is 0.267 e. The van der Waals surface area contributed by atoms with Crippen LogP contribution in [-0.4, -0.2) is 18.1 Å². The number of nitriles is 1. The molecule has 3 N–H and O–H groups in total. The normalized spacial score (nSPS) is 10.6. The molecular weight excluding hydrogens is 330 g/mol. The number of carbonyl (C=O) groups excluding carboxylic acids is 1. The van der Waals surface area contributed by atoms with Crippen LogP contribution in [0.15, 0.2) is 54.2 Å². The number of phenols is 1. The van der Waals surface area contributed by atoms with Crippen LogP contribution in [0.1, 0.15) is 0 Å². The van der Waals surface area contributed by atoms with Gasteiger partial charge in [0, 0.05) is 11.2 Å². The zero-order valence-electron chi connectivity index (χ0n) is 12.7. The fourth-order valence-corrected chi connectivity index (χ4v) is 2.03. The monoisotopic (exact) mass is 343 g/mol. The highest BCUT2D eigenvalue weighted by atomic mass is 35.5. The molecule has 2 rings (SSSR count). The standard InChI is InChI=1S/C17H14ClN3O3/c1-24-16-7-6-12(18)8-14(16)21-17(23)11(9-19)10-20-13-4-2-3-5-15(13)22/h2-8,10,20,22H,1H3,(H,21,23)/b11-10-. The van der Waals surface area contributed by atoms with Crippen LogP contribution in [0.2, 0.25) is 5.02 Å². The van der Waals surface area contributed by atoms with Gasteiger partial charge in [0.2, 0.25) is 0 Å². The van der Waals surface area contributed by atoms with E-state index in [2.05, 4.69) is 10.6 Å². The molecule has 1 amide bonds. The molecule has 0 aliphatic rings. The summed E-state index contributed by atoms with van der Waals surface area (Å²) in [6.45, 7) is 0. The highest BCUT2D eigenvalue weighted by Crippen LogP contribution is 2.28. The predicted molar refractivity (Wildman–Crippen MR) is 92.1 cm³/mol. The molecule has 0 heterocycles. The number of hydrogen-bond acceptors (Lipinski definition) is 5. The predicted octanol–water partition coefficient (Wildman–Crippen LogP) is 3.51. The van der Waals surface area contributed by atoms with Crippen LogP contribution in [0, 0.1) is 11.3 Å². The molecule has 0 radical (unpaired) electrons. The lowest BCUT2D eigenvalue weighted by Gasteiger charge is -2.10. The minimum Gasteiger partial charge on any atom is -0.506 e. The molecule has 0 fully saturated rings. The summed E-state index contributed by atoms with van der Waals surface area (Å²) in [5.41, 5.74) is 0.539. The van der Waals surface area contributed by atoms with Gasteiger partial charge in [-0.25, -0.2) is 0 Å². The van der Waals surface area contributed by atoms with E-state index in [0.29, 0.717) is 22.1 Å². The molecule has 6 nitrogen and oxygen atoms in total. The number of anilines is 2. The van der Waals surface area contributed by atoms with Crippen molar-refractivity contribution in [2.45, 2.75) is 0 Å². The van der Waals surface area contributed by atoms with Gasteiger partial charge in [-0.2, -0.15) is 5.26 Å². The van der Waals surface area contributed by atoms with Gasteiger partial charge in [-0.3, -0.25) is 4.79 Å². The molecule has 2 aromatic rings. The second kappa shape index (κ2) is 7.90. The van der Waals surface area contributed by atoms with Gasteiger partial charge in [0.15, 0.2) is 0 Å². The number of ether oxygens (including phenoxy) is 1. The number of halogens is 1. The average molecular weight is 344 g/mol. The summed E-state index contributed by atoms with van der Waals surface area (Å²) in [7, 11) is 1.46. The lowest BCUT2D eigenvalue weighted by atomic mass is 10.2. The van der Waals surface area contributed by atoms with Crippen LogP contribution in [0.3, 0.4) is 0 Å². The Balaban J connectivity index is 2.18. The lowest BCUT2D eigenvalue weighted by molar-refractivity contribution is -0.112. The Kier molecular flexibility index (Phi) is 5.66. The van der Waals surface area contributed by atoms with E-state index in [1.165, 1.54) is 25.4 Å². The number of para-hydroxylation sites is 2. The Bertz CT molecular complexity index is 828. The second-order valence-electron chi connectivity index (χ2n) is 4.63. The zero-order valence-corrected chi connectivity index (χ0v) is 13.5. The summed E-state index contributed by atoms with van der Waals surface area (Å²) in [6, 6.07) is 13.0. The molecule has 0 aliphatic carbocycles. The number of benzene rings is 2. The Hall–Kier alpha value is -3.17. The third kappa shape index (κ3) is 4.18. The van der Waals surface area contributed by atoms with Crippen LogP contribution in [0.25, 0.3) is 0 Å². The van der Waals surface area contributed by atoms with E-state index in [4.69, 9.17) is 21.6 Å². The first-order valence-corrected chi connectivity index (χ1v) is 7.22. The summed E-state index contributed by atoms with van der Waals surface area (Å²) in [5, 5.41) is 24.5. The molecule has 0 atom stereocenters. The van der Waals surface area contributed by atoms with Crippen molar-refractivity contribution in [1.82, 2.24) is 0 Å². The van der Waals surface area contributed by atoms with Gasteiger partial charge < -0.3 is 20.5 Å². The van der Waals surface area contributed by atoms with Crippen molar-refractivity contribution in [1.29, 1.82) is 5.26 Å². The molecule has 7 heteroatoms. The number of phenolic OH excluding ortho intramolecular Hbond substituents is 1. The molecule has 24 heavy (non-hydrogen) atoms. The SMILES string of the molecule is COc1ccc(Cl)cc1NC(=O)/C(C#N)=C\Nc1ccccc1O. The number of amides is 1. The van der Waals surface area contributed by atoms with Gasteiger partial charge in [-0.05, 0) is 30.3 Å². The van der Waals surface area contributed by atoms with E-state index >= 15 is 0 Å². The minimum atomic E-state index is -0.638. The molecule has 122 valence electrons. The number of hydrogen-bond donors (Lipinski definition) is 3. The van der Waals surface area contributed by atoms with Crippen LogP contribution < -0.4 is 15.4 Å². The van der Waals surface area contributed by atoms with Crippen molar-refractivity contribution < 1.29 is 14.6 Å². The molecular formula is C17H14ClN3O3. The second-order valence-corrected chi connectivity index (χ2v) is 5.07. The first-order chi connectivity index (χ1) is 11.5. The van der Waals surface area contributed by atoms with Gasteiger partial charge in [0.25, 0.3) is 5.91 Å². The number of methoxy groups -OCH3 is 1. The van der Waals surface area contributed by atoms with Gasteiger partial charge in [-0.1, -0.05) is 23.7 Å². The summed E-state index contributed by atoms with van der Waals surface area (Å²) in [6.07, 6.45) is 1.21. The summed E-state index contributed by atoms with van der Waals surface area (Å²) < 4.78 is 5.14. The van der Waals surface area contributed by atoms with Gasteiger partial charge in [-0.15, -0.1) is 0 Å². The third-order valence-electron chi connectivity index (χ3n) is 3.05. The van der Waals surface area contributed by atoms with Crippen molar-refractivity contribution in [3.63, 3.8) is 0 Å². The largest absolute Gasteiger partial charge is 0.506 e. The van der Waals surface area contributed by atoms with Crippen molar-refractivity contribution >= 4 is 28.9 Å². The fraction of sp³-hybridized carbons (Fsp3) is 0.0588. The number of nitrogens with one attached hydrogen (secondary N) is 2. The van der Waals surface area contributed by atoms with E-state index in [0.717, 1.165) is 0 Å². The van der Waals surface area contributed by atoms with E-state index in [9.17, 15) is 9.90 Å². The maximum atomic E-state index is 12.2. The average Bonchev–Trinajstić information content (AvgIpc) is 2.57. The Labute approximate surface area is 143 Å². The van der Waals surface area contributed by atoms with Crippen molar-refractivity contribution in [3.05, 3.63) is 59.3 Å². The Morgan fingerprint density at radius 2 is 2.04 bits per heavy atom. The van der Waals surface area contributed by atoms with E-state index in [-0.39, 0.29) is 11.3 Å². The number of nitrogens with zero attached hydrogens (tertiary/aromatic N) is 1. The van der Waals surface area contributed by atoms with Gasteiger partial charge in [0.05, 0.1) is 18.5 Å². The lowest BCUT2D eigenvalue weighted by Crippen LogP contribution is -2.15. The zero-order chi connectivity index (χ0) is 17.5. The van der Waals surface area contributed by atoms with Crippen LogP contribution in [-0.2, 0) is 4.79 Å². The summed E-state index contributed by atoms with van der Waals surface area (Å²) in [4.78, 5) is 12.2. The molecule has 0 spiro atoms. The summed E-state index contributed by atoms with van der Waals surface area (Å²) >= 11 is 5.90. The Morgan fingerprint density at radius 1 is 1.29 bits per heavy atom. The number of aromatic hydroxyl groups is 1. The molecule has 0 aromatic heterocycles. The van der Waals surface area contributed by atoms with Crippen molar-refractivity contribution in [3.8, 4) is 17.6 Å². The molecule has 0 bridgehead atoms. The maximum absolute atomic E-state index is 12.2. The Morgan fingerprint density at radius 3 is 2.71 bits per heavy atom. The molecule has 0 saturated carbocycles. The quantitative estimate of drug-likeness (QED) is 0.438. The summed E-state index contributed by atoms with van der Waals surface area (Å²) in [5.74, 6) is -0.220. The highest BCUT2D eigenvalue weighted by molar-refractivity contribution is 6.31. The fourth-order valence-electron chi connectivity index (χ4n) is 1.86. The maximum Gasteiger partial charge on any atom is 0.267 e. The number of rotatable bonds is 5. The van der Waals surface area contributed by atoms with E-state index in [1.807, 2.05) is 0 Å². The highest BCUT2D eigenvalue weighted by Gasteiger charge is 2.13. The first kappa shape index (κ1) is 17.2. The van der Waals surface area contributed by atoms with Gasteiger partial charge >= 0.3 is 0 Å². The molecule has 0 unspecified atom stereocenters. The number of carbonyl (C=O) groups is 1. The van der Waals surface area contributed by atoms with Crippen molar-refractivity contribution in [2.24, 2.45) is 0 Å². The first-order valence-electron chi connectivity index (χ1n) is 6.85. The minimum absolute atomic E-state index is 0.00274. The molecule has 0 aliphatic heterocycles. The van der Waals surface area contributed by atoms with Gasteiger partial charge in [0.1, 0.15) is 23.1 Å². The van der Waals surface area contributed by atoms with Crippen LogP contribution >= 0.6 is 11.6 Å². The van der Waals surface area contributed by atoms with Crippen LogP contribution in [0.5, 0.6) is 11.5 Å². The molecule has 2 aromatic carbocycles. The van der Waals surface area contributed by atoms with Crippen LogP contribution in [0.4, 0.5) is 11.4 Å². The van der Waals surface area contributed by atoms with E-state index in [1.54, 1.807) is 36.4 Å². The third-order valence-corrected chi connectivity index (χ3v) is 3.29. The van der Waals surface area contributed by atoms with Crippen molar-refractivity contribution in [2.75, 3.05) is 17.7 Å². The van der Waals surface area contributed by atoms with E-state index < -0.39 is 5.91 Å².